The zero-order valence-electron chi connectivity index (χ0n) is 13.4. The maximum atomic E-state index is 12.4. The van der Waals surface area contributed by atoms with Crippen LogP contribution in [-0.2, 0) is 4.74 Å². The van der Waals surface area contributed by atoms with Crippen molar-refractivity contribution in [1.82, 2.24) is 4.98 Å². The number of esters is 1. The number of thiazole rings is 1. The fourth-order valence-electron chi connectivity index (χ4n) is 2.09. The summed E-state index contributed by atoms with van der Waals surface area (Å²) < 4.78 is 9.83. The van der Waals surface area contributed by atoms with Gasteiger partial charge in [0.15, 0.2) is 0 Å². The van der Waals surface area contributed by atoms with E-state index in [1.165, 1.54) is 29.8 Å². The minimum Gasteiger partial charge on any atom is -0.497 e. The monoisotopic (exact) mass is 374 g/mol. The van der Waals surface area contributed by atoms with E-state index in [0.717, 1.165) is 16.3 Å². The summed E-state index contributed by atoms with van der Waals surface area (Å²) in [4.78, 5) is 28.8. The smallest absolute Gasteiger partial charge is 0.350 e. The Morgan fingerprint density at radius 2 is 1.84 bits per heavy atom. The van der Waals surface area contributed by atoms with E-state index in [9.17, 15) is 9.59 Å². The van der Waals surface area contributed by atoms with Gasteiger partial charge < -0.3 is 14.8 Å². The predicted octanol–water partition coefficient (Wildman–Crippen LogP) is 3.92. The first-order chi connectivity index (χ1) is 12.1. The lowest BCUT2D eigenvalue weighted by Crippen LogP contribution is -2.14. The van der Waals surface area contributed by atoms with E-state index in [4.69, 9.17) is 9.47 Å². The van der Waals surface area contributed by atoms with Gasteiger partial charge in [0.25, 0.3) is 5.91 Å². The quantitative estimate of drug-likeness (QED) is 0.685. The molecule has 0 aliphatic carbocycles. The number of amides is 1. The molecule has 128 valence electrons. The Labute approximate surface area is 152 Å². The highest BCUT2D eigenvalue weighted by Crippen LogP contribution is 2.27. The van der Waals surface area contributed by atoms with Crippen LogP contribution in [0.25, 0.3) is 10.6 Å². The number of benzene rings is 1. The number of hydrogen-bond donors (Lipinski definition) is 1. The van der Waals surface area contributed by atoms with Crippen molar-refractivity contribution in [3.63, 3.8) is 0 Å². The van der Waals surface area contributed by atoms with Crippen LogP contribution in [-0.4, -0.2) is 31.1 Å². The molecule has 8 heteroatoms. The normalized spacial score (nSPS) is 10.3. The van der Waals surface area contributed by atoms with Crippen molar-refractivity contribution in [2.45, 2.75) is 0 Å². The summed E-state index contributed by atoms with van der Waals surface area (Å²) in [5.41, 5.74) is 1.61. The Hall–Kier alpha value is -2.71. The van der Waals surface area contributed by atoms with Crippen LogP contribution < -0.4 is 10.1 Å². The number of thiophene rings is 1. The molecule has 3 aromatic rings. The predicted molar refractivity (Wildman–Crippen MR) is 97.7 cm³/mol. The number of carbonyl (C=O) groups is 2. The van der Waals surface area contributed by atoms with Crippen molar-refractivity contribution in [3.05, 3.63) is 51.7 Å². The third kappa shape index (κ3) is 3.70. The number of ether oxygens (including phenoxy) is 2. The SMILES string of the molecule is COC(=O)c1sccc1NC(=O)c1csc(-c2ccc(OC)cc2)n1. The van der Waals surface area contributed by atoms with Gasteiger partial charge in [0.2, 0.25) is 0 Å². The van der Waals surface area contributed by atoms with E-state index in [1.807, 2.05) is 24.3 Å². The van der Waals surface area contributed by atoms with E-state index in [0.29, 0.717) is 10.6 Å². The molecule has 1 N–H and O–H groups in total. The number of aromatic nitrogens is 1. The lowest BCUT2D eigenvalue weighted by molar-refractivity contribution is 0.0607. The van der Waals surface area contributed by atoms with E-state index in [1.54, 1.807) is 23.9 Å². The number of nitrogens with zero attached hydrogens (tertiary/aromatic N) is 1. The van der Waals surface area contributed by atoms with Crippen molar-refractivity contribution in [3.8, 4) is 16.3 Å². The Balaban J connectivity index is 1.77. The molecule has 6 nitrogen and oxygen atoms in total. The van der Waals surface area contributed by atoms with Crippen LogP contribution in [0, 0.1) is 0 Å². The molecule has 2 heterocycles. The summed E-state index contributed by atoms with van der Waals surface area (Å²) >= 11 is 2.58. The van der Waals surface area contributed by atoms with Gasteiger partial charge in [-0.2, -0.15) is 0 Å². The molecular weight excluding hydrogens is 360 g/mol. The number of carbonyl (C=O) groups excluding carboxylic acids is 2. The fraction of sp³-hybridized carbons (Fsp3) is 0.118. The van der Waals surface area contributed by atoms with Crippen LogP contribution in [0.4, 0.5) is 5.69 Å². The highest BCUT2D eigenvalue weighted by molar-refractivity contribution is 7.13. The average Bonchev–Trinajstić information content (AvgIpc) is 3.30. The fourth-order valence-corrected chi connectivity index (χ4v) is 3.66. The molecule has 0 spiro atoms. The number of methoxy groups -OCH3 is 2. The first-order valence-electron chi connectivity index (χ1n) is 7.19. The van der Waals surface area contributed by atoms with Crippen molar-refractivity contribution in [1.29, 1.82) is 0 Å². The lowest BCUT2D eigenvalue weighted by Gasteiger charge is -2.03. The Morgan fingerprint density at radius 3 is 2.52 bits per heavy atom. The molecule has 3 rings (SSSR count). The standard InChI is InChI=1S/C17H14N2O4S2/c1-22-11-5-3-10(4-6-11)16-19-13(9-25-16)15(20)18-12-7-8-24-14(12)17(21)23-2/h3-9H,1-2H3,(H,18,20). The van der Waals surface area contributed by atoms with Crippen LogP contribution >= 0.6 is 22.7 Å². The van der Waals surface area contributed by atoms with Gasteiger partial charge in [-0.1, -0.05) is 0 Å². The zero-order chi connectivity index (χ0) is 17.8. The molecule has 0 fully saturated rings. The second kappa shape index (κ2) is 7.45. The highest BCUT2D eigenvalue weighted by atomic mass is 32.1. The van der Waals surface area contributed by atoms with Crippen molar-refractivity contribution < 1.29 is 19.1 Å². The van der Waals surface area contributed by atoms with Gasteiger partial charge in [-0.3, -0.25) is 4.79 Å². The molecule has 0 aliphatic rings. The van der Waals surface area contributed by atoms with Crippen LogP contribution in [0.5, 0.6) is 5.75 Å². The molecule has 0 saturated heterocycles. The van der Waals surface area contributed by atoms with Crippen molar-refractivity contribution in [2.75, 3.05) is 19.5 Å². The van der Waals surface area contributed by atoms with Gasteiger partial charge in [-0.05, 0) is 35.7 Å². The zero-order valence-corrected chi connectivity index (χ0v) is 15.1. The van der Waals surface area contributed by atoms with E-state index in [-0.39, 0.29) is 11.6 Å². The molecular formula is C17H14N2O4S2. The third-order valence-corrected chi connectivity index (χ3v) is 5.14. The van der Waals surface area contributed by atoms with Crippen LogP contribution in [0.2, 0.25) is 0 Å². The summed E-state index contributed by atoms with van der Waals surface area (Å²) in [6.07, 6.45) is 0. The van der Waals surface area contributed by atoms with Crippen LogP contribution in [0.15, 0.2) is 41.1 Å². The molecule has 2 aromatic heterocycles. The van der Waals surface area contributed by atoms with Gasteiger partial charge in [0, 0.05) is 10.9 Å². The number of hydrogen-bond acceptors (Lipinski definition) is 7. The number of anilines is 1. The van der Waals surface area contributed by atoms with Crippen LogP contribution in [0.1, 0.15) is 20.2 Å². The third-order valence-electron chi connectivity index (χ3n) is 3.36. The minimum atomic E-state index is -0.484. The highest BCUT2D eigenvalue weighted by Gasteiger charge is 2.18. The summed E-state index contributed by atoms with van der Waals surface area (Å²) in [5.74, 6) is -0.104. The maximum Gasteiger partial charge on any atom is 0.350 e. The molecule has 0 atom stereocenters. The first kappa shape index (κ1) is 17.1. The van der Waals surface area contributed by atoms with Gasteiger partial charge >= 0.3 is 5.97 Å². The molecule has 0 saturated carbocycles. The molecule has 0 radical (unpaired) electrons. The van der Waals surface area contributed by atoms with E-state index < -0.39 is 5.97 Å². The number of nitrogens with one attached hydrogen (secondary N) is 1. The second-order valence-electron chi connectivity index (χ2n) is 4.88. The lowest BCUT2D eigenvalue weighted by atomic mass is 10.2. The topological polar surface area (TPSA) is 77.5 Å². The molecule has 1 aromatic carbocycles. The Bertz CT molecular complexity index is 900. The van der Waals surface area contributed by atoms with Crippen LogP contribution in [0.3, 0.4) is 0 Å². The summed E-state index contributed by atoms with van der Waals surface area (Å²) in [5, 5.41) is 6.82. The van der Waals surface area contributed by atoms with E-state index >= 15 is 0 Å². The van der Waals surface area contributed by atoms with Crippen molar-refractivity contribution in [2.24, 2.45) is 0 Å². The largest absolute Gasteiger partial charge is 0.497 e. The number of rotatable bonds is 5. The van der Waals surface area contributed by atoms with Gasteiger partial charge in [0.05, 0.1) is 19.9 Å². The molecule has 1 amide bonds. The maximum absolute atomic E-state index is 12.4. The second-order valence-corrected chi connectivity index (χ2v) is 6.65. The Kier molecular flexibility index (Phi) is 5.11. The van der Waals surface area contributed by atoms with Crippen molar-refractivity contribution >= 4 is 40.2 Å². The molecule has 25 heavy (non-hydrogen) atoms. The molecule has 0 bridgehead atoms. The average molecular weight is 374 g/mol. The van der Waals surface area contributed by atoms with Gasteiger partial charge in [-0.15, -0.1) is 22.7 Å². The Morgan fingerprint density at radius 1 is 1.08 bits per heavy atom. The van der Waals surface area contributed by atoms with E-state index in [2.05, 4.69) is 10.3 Å². The first-order valence-corrected chi connectivity index (χ1v) is 8.95. The summed E-state index contributed by atoms with van der Waals surface area (Å²) in [7, 11) is 2.91. The summed E-state index contributed by atoms with van der Waals surface area (Å²) in [6, 6.07) is 9.10. The van der Waals surface area contributed by atoms with Gasteiger partial charge in [0.1, 0.15) is 21.3 Å². The molecule has 0 aliphatic heterocycles. The van der Waals surface area contributed by atoms with Gasteiger partial charge in [-0.25, -0.2) is 9.78 Å². The molecule has 0 unspecified atom stereocenters. The minimum absolute atomic E-state index is 0.290. The summed E-state index contributed by atoms with van der Waals surface area (Å²) in [6.45, 7) is 0.